The van der Waals surface area contributed by atoms with Crippen molar-refractivity contribution in [2.24, 2.45) is 5.73 Å². The van der Waals surface area contributed by atoms with Gasteiger partial charge in [0.25, 0.3) is 0 Å². The van der Waals surface area contributed by atoms with Gasteiger partial charge in [-0.05, 0) is 59.7 Å². The first-order valence-electron chi connectivity index (χ1n) is 7.97. The van der Waals surface area contributed by atoms with E-state index in [9.17, 15) is 4.79 Å². The number of hydrogen-bond donors (Lipinski definition) is 1. The summed E-state index contributed by atoms with van der Waals surface area (Å²) in [6, 6.07) is 4.93. The summed E-state index contributed by atoms with van der Waals surface area (Å²) in [6.07, 6.45) is 0. The van der Waals surface area contributed by atoms with Crippen molar-refractivity contribution >= 4 is 30.2 Å². The molecule has 1 aromatic rings. The van der Waals surface area contributed by atoms with Crippen molar-refractivity contribution in [1.82, 2.24) is 0 Å². The highest BCUT2D eigenvalue weighted by Crippen LogP contribution is 2.36. The summed E-state index contributed by atoms with van der Waals surface area (Å²) in [4.78, 5) is 12.3. The Kier molecular flexibility index (Phi) is 5.08. The van der Waals surface area contributed by atoms with Gasteiger partial charge in [-0.15, -0.1) is 0 Å². The van der Waals surface area contributed by atoms with Crippen LogP contribution in [0, 0.1) is 0 Å². The van der Waals surface area contributed by atoms with E-state index in [0.717, 1.165) is 0 Å². The van der Waals surface area contributed by atoms with Crippen molar-refractivity contribution < 1.29 is 18.8 Å². The third kappa shape index (κ3) is 3.77. The molecule has 0 saturated carbocycles. The topological polar surface area (TPSA) is 70.8 Å². The van der Waals surface area contributed by atoms with Crippen molar-refractivity contribution in [2.45, 2.75) is 58.3 Å². The fourth-order valence-corrected chi connectivity index (χ4v) is 2.61. The van der Waals surface area contributed by atoms with Crippen LogP contribution in [0.15, 0.2) is 18.2 Å². The number of carbonyl (C=O) groups is 1. The number of benzene rings is 1. The molecular formula is C17H25BClNO4. The van der Waals surface area contributed by atoms with Gasteiger partial charge >= 0.3 is 13.1 Å². The van der Waals surface area contributed by atoms with Crippen LogP contribution in [0.2, 0.25) is 5.02 Å². The van der Waals surface area contributed by atoms with Crippen molar-refractivity contribution in [2.75, 3.05) is 6.54 Å². The molecule has 1 aliphatic rings. The summed E-state index contributed by atoms with van der Waals surface area (Å²) in [5, 5.41) is 0.462. The number of ether oxygens (including phenoxy) is 1. The number of rotatable bonds is 3. The van der Waals surface area contributed by atoms with E-state index in [0.29, 0.717) is 22.6 Å². The number of hydrogen-bond acceptors (Lipinski definition) is 5. The van der Waals surface area contributed by atoms with Crippen molar-refractivity contribution in [3.63, 3.8) is 0 Å². The quantitative estimate of drug-likeness (QED) is 0.668. The van der Waals surface area contributed by atoms with E-state index in [4.69, 9.17) is 31.4 Å². The van der Waals surface area contributed by atoms with E-state index < -0.39 is 29.9 Å². The zero-order chi connectivity index (χ0) is 18.3. The lowest BCUT2D eigenvalue weighted by Crippen LogP contribution is -2.50. The lowest BCUT2D eigenvalue weighted by molar-refractivity contribution is -0.00187. The third-order valence-electron chi connectivity index (χ3n) is 4.32. The molecule has 1 fully saturated rings. The average molecular weight is 354 g/mol. The van der Waals surface area contributed by atoms with Crippen molar-refractivity contribution in [3.8, 4) is 0 Å². The van der Waals surface area contributed by atoms with E-state index in [2.05, 4.69) is 0 Å². The molecule has 2 N–H and O–H groups in total. The lowest BCUT2D eigenvalue weighted by Gasteiger charge is -2.35. The van der Waals surface area contributed by atoms with Gasteiger partial charge in [0.05, 0.1) is 16.8 Å². The zero-order valence-electron chi connectivity index (χ0n) is 15.1. The smallest absolute Gasteiger partial charge is 0.456 e. The van der Waals surface area contributed by atoms with Gasteiger partial charge in [-0.25, -0.2) is 4.79 Å². The zero-order valence-corrected chi connectivity index (χ0v) is 15.9. The molecule has 1 unspecified atom stereocenters. The maximum atomic E-state index is 12.3. The van der Waals surface area contributed by atoms with Crippen LogP contribution in [-0.2, 0) is 14.0 Å². The molecule has 1 aliphatic heterocycles. The molecule has 1 aromatic carbocycles. The van der Waals surface area contributed by atoms with E-state index >= 15 is 0 Å². The summed E-state index contributed by atoms with van der Waals surface area (Å²) < 4.78 is 17.5. The maximum absolute atomic E-state index is 12.3. The number of esters is 1. The van der Waals surface area contributed by atoms with Crippen LogP contribution in [0.25, 0.3) is 0 Å². The summed E-state index contributed by atoms with van der Waals surface area (Å²) in [5.41, 5.74) is 5.04. The monoisotopic (exact) mass is 353 g/mol. The minimum absolute atomic E-state index is 0.305. The van der Waals surface area contributed by atoms with E-state index in [1.54, 1.807) is 18.2 Å². The summed E-state index contributed by atoms with van der Waals surface area (Å²) >= 11 is 6.30. The van der Waals surface area contributed by atoms with Gasteiger partial charge in [-0.3, -0.25) is 0 Å². The number of nitrogens with two attached hydrogens (primary N) is 1. The molecule has 132 valence electrons. The fourth-order valence-electron chi connectivity index (χ4n) is 2.40. The van der Waals surface area contributed by atoms with E-state index in [1.165, 1.54) is 0 Å². The Morgan fingerprint density at radius 3 is 2.42 bits per heavy atom. The van der Waals surface area contributed by atoms with Gasteiger partial charge in [0.2, 0.25) is 0 Å². The summed E-state index contributed by atoms with van der Waals surface area (Å²) in [7, 11) is -0.691. The van der Waals surface area contributed by atoms with Crippen LogP contribution in [0.4, 0.5) is 0 Å². The number of carbonyl (C=O) groups excluding carboxylic acids is 1. The molecule has 0 amide bonds. The Morgan fingerprint density at radius 2 is 1.92 bits per heavy atom. The first kappa shape index (κ1) is 19.3. The van der Waals surface area contributed by atoms with Crippen LogP contribution in [0.5, 0.6) is 0 Å². The molecular weight excluding hydrogens is 328 g/mol. The molecule has 2 rings (SSSR count). The van der Waals surface area contributed by atoms with Crippen LogP contribution in [-0.4, -0.2) is 36.4 Å². The van der Waals surface area contributed by atoms with Gasteiger partial charge in [-0.1, -0.05) is 11.6 Å². The Labute approximate surface area is 148 Å². The molecule has 0 radical (unpaired) electrons. The molecule has 7 heteroatoms. The molecule has 1 atom stereocenters. The lowest BCUT2D eigenvalue weighted by atomic mass is 9.78. The molecule has 1 saturated heterocycles. The van der Waals surface area contributed by atoms with Gasteiger partial charge in [0.15, 0.2) is 0 Å². The first-order valence-corrected chi connectivity index (χ1v) is 8.35. The summed E-state index contributed by atoms with van der Waals surface area (Å²) in [6.45, 7) is 11.5. The molecule has 0 spiro atoms. The Hall–Kier alpha value is -1.08. The highest BCUT2D eigenvalue weighted by Gasteiger charge is 2.54. The average Bonchev–Trinajstić information content (AvgIpc) is 2.68. The molecule has 0 aliphatic carbocycles. The molecule has 24 heavy (non-hydrogen) atoms. The predicted octanol–water partition coefficient (Wildman–Crippen LogP) is 2.53. The molecule has 5 nitrogen and oxygen atoms in total. The normalized spacial score (nSPS) is 23.4. The van der Waals surface area contributed by atoms with Gasteiger partial charge in [-0.2, -0.15) is 0 Å². The van der Waals surface area contributed by atoms with Crippen molar-refractivity contribution in [3.05, 3.63) is 28.8 Å². The predicted molar refractivity (Wildman–Crippen MR) is 95.7 cm³/mol. The third-order valence-corrected chi connectivity index (χ3v) is 4.66. The molecule has 0 aromatic heterocycles. The van der Waals surface area contributed by atoms with Crippen LogP contribution in [0.1, 0.15) is 51.9 Å². The SMILES string of the molecule is CC(C)(C)OC(=O)c1ccc(Cl)c(B2OC(C)(C)C(C)(CN)O2)c1. The summed E-state index contributed by atoms with van der Waals surface area (Å²) in [5.74, 6) is -0.417. The van der Waals surface area contributed by atoms with Gasteiger partial charge in [0, 0.05) is 17.0 Å². The second kappa shape index (κ2) is 6.34. The van der Waals surface area contributed by atoms with E-state index in [1.807, 2.05) is 41.5 Å². The minimum atomic E-state index is -0.691. The van der Waals surface area contributed by atoms with Crippen LogP contribution in [0.3, 0.4) is 0 Å². The van der Waals surface area contributed by atoms with Gasteiger partial charge in [0.1, 0.15) is 5.60 Å². The Balaban J connectivity index is 2.32. The second-order valence-corrected chi connectivity index (χ2v) is 8.16. The van der Waals surface area contributed by atoms with Crippen LogP contribution >= 0.6 is 11.6 Å². The standard InChI is InChI=1S/C17H25BClNO4/c1-15(2,3)22-14(21)11-7-8-13(19)12(9-11)18-23-16(4,5)17(6,10-20)24-18/h7-9H,10,20H2,1-6H3. The minimum Gasteiger partial charge on any atom is -0.456 e. The highest BCUT2D eigenvalue weighted by atomic mass is 35.5. The first-order chi connectivity index (χ1) is 10.9. The highest BCUT2D eigenvalue weighted by molar-refractivity contribution is 6.65. The van der Waals surface area contributed by atoms with E-state index in [-0.39, 0.29) is 0 Å². The largest absolute Gasteiger partial charge is 0.496 e. The maximum Gasteiger partial charge on any atom is 0.496 e. The van der Waals surface area contributed by atoms with Crippen molar-refractivity contribution in [1.29, 1.82) is 0 Å². The Bertz CT molecular complexity index is 644. The Morgan fingerprint density at radius 1 is 1.29 bits per heavy atom. The van der Waals surface area contributed by atoms with Gasteiger partial charge < -0.3 is 19.8 Å². The van der Waals surface area contributed by atoms with Crippen LogP contribution < -0.4 is 11.2 Å². The molecule has 1 heterocycles. The number of halogens is 1. The molecule has 0 bridgehead atoms. The second-order valence-electron chi connectivity index (χ2n) is 7.75. The fraction of sp³-hybridized carbons (Fsp3) is 0.588.